The van der Waals surface area contributed by atoms with Gasteiger partial charge in [0.15, 0.2) is 0 Å². The Labute approximate surface area is 226 Å². The van der Waals surface area contributed by atoms with Gasteiger partial charge in [-0.05, 0) is 70.5 Å². The molecule has 2 aromatic heterocycles. The summed E-state index contributed by atoms with van der Waals surface area (Å²) >= 11 is 10.1. The Morgan fingerprint density at radius 3 is 1.37 bits per heavy atom. The van der Waals surface area contributed by atoms with Gasteiger partial charge in [-0.3, -0.25) is 0 Å². The van der Waals surface area contributed by atoms with Crippen LogP contribution in [0.15, 0.2) is 115 Å². The molecule has 181 valence electrons. The molecule has 4 aromatic rings. The molecule has 4 rings (SSSR count). The minimum atomic E-state index is 0. The van der Waals surface area contributed by atoms with E-state index in [1.54, 1.807) is 49.2 Å². The van der Waals surface area contributed by atoms with Gasteiger partial charge in [-0.25, -0.2) is 0 Å². The van der Waals surface area contributed by atoms with E-state index in [9.17, 15) is 0 Å². The SMILES string of the molecule is Cc1ccccc1/C=N/N=C(\[S-])c1ccco1.Cc1ccccc1/C=N/N=C(\[S-])c1ccco1.[Cu+2]. The van der Waals surface area contributed by atoms with Crippen molar-refractivity contribution in [2.24, 2.45) is 20.4 Å². The molecule has 0 aliphatic carbocycles. The molecular weight excluding hydrogens is 528 g/mol. The van der Waals surface area contributed by atoms with Gasteiger partial charge in [-0.1, -0.05) is 48.5 Å². The van der Waals surface area contributed by atoms with Crippen LogP contribution in [0.2, 0.25) is 0 Å². The van der Waals surface area contributed by atoms with Crippen molar-refractivity contribution < 1.29 is 25.9 Å². The standard InChI is InChI=1S/2C13H12N2OS.Cu/c2*1-10-5-2-3-6-11(10)9-14-15-13(17)12-7-4-8-16-12;/h2*2-9H,1H3,(H,15,17);/q;;+2/p-2/b2*14-9+;. The van der Waals surface area contributed by atoms with E-state index in [-0.39, 0.29) is 17.1 Å². The van der Waals surface area contributed by atoms with Gasteiger partial charge >= 0.3 is 17.1 Å². The molecule has 35 heavy (non-hydrogen) atoms. The number of hydrogen-bond acceptors (Lipinski definition) is 8. The number of hydrogen-bond donors (Lipinski definition) is 0. The third-order valence-electron chi connectivity index (χ3n) is 4.53. The van der Waals surface area contributed by atoms with Gasteiger partial charge in [0.05, 0.1) is 25.0 Å². The second-order valence-electron chi connectivity index (χ2n) is 6.97. The number of furan rings is 2. The van der Waals surface area contributed by atoms with Crippen molar-refractivity contribution in [2.45, 2.75) is 13.8 Å². The monoisotopic (exact) mass is 549 g/mol. The maximum absolute atomic E-state index is 5.11. The minimum Gasteiger partial charge on any atom is -0.755 e. The molecule has 0 bridgehead atoms. The molecule has 9 heteroatoms. The summed E-state index contributed by atoms with van der Waals surface area (Å²) in [5, 5.41) is 16.4. The fraction of sp³-hybridized carbons (Fsp3) is 0.0769. The Morgan fingerprint density at radius 2 is 1.03 bits per heavy atom. The summed E-state index contributed by atoms with van der Waals surface area (Å²) in [4.78, 5) is 0. The third-order valence-corrected chi connectivity index (χ3v) is 5.10. The van der Waals surface area contributed by atoms with Crippen molar-refractivity contribution in [3.05, 3.63) is 119 Å². The van der Waals surface area contributed by atoms with Crippen LogP contribution in [0.4, 0.5) is 0 Å². The molecule has 0 aliphatic heterocycles. The quantitative estimate of drug-likeness (QED) is 0.0997. The van der Waals surface area contributed by atoms with Gasteiger partial charge in [-0.2, -0.15) is 20.4 Å². The van der Waals surface area contributed by atoms with E-state index >= 15 is 0 Å². The number of benzene rings is 2. The van der Waals surface area contributed by atoms with Crippen LogP contribution >= 0.6 is 0 Å². The second kappa shape index (κ2) is 14.8. The van der Waals surface area contributed by atoms with Crippen LogP contribution in [0.1, 0.15) is 33.8 Å². The topological polar surface area (TPSA) is 75.7 Å². The van der Waals surface area contributed by atoms with Crippen LogP contribution in [0.25, 0.3) is 0 Å². The smallest absolute Gasteiger partial charge is 0.755 e. The predicted molar refractivity (Wildman–Crippen MR) is 143 cm³/mol. The van der Waals surface area contributed by atoms with Crippen LogP contribution in [0, 0.1) is 13.8 Å². The molecule has 0 saturated carbocycles. The Balaban J connectivity index is 0.000000240. The summed E-state index contributed by atoms with van der Waals surface area (Å²) in [6.07, 6.45) is 6.49. The molecule has 1 radical (unpaired) electrons. The van der Waals surface area contributed by atoms with Crippen molar-refractivity contribution in [3.8, 4) is 0 Å². The summed E-state index contributed by atoms with van der Waals surface area (Å²) in [6.45, 7) is 4.04. The first-order valence-corrected chi connectivity index (χ1v) is 11.1. The van der Waals surface area contributed by atoms with E-state index in [0.717, 1.165) is 22.3 Å². The van der Waals surface area contributed by atoms with Crippen LogP contribution in [-0.2, 0) is 42.3 Å². The molecular formula is C26H22CuN4O2S2. The average molecular weight is 550 g/mol. The Bertz CT molecular complexity index is 1200. The van der Waals surface area contributed by atoms with Crippen molar-refractivity contribution in [2.75, 3.05) is 0 Å². The maximum Gasteiger partial charge on any atom is 2.00 e. The normalized spacial score (nSPS) is 11.8. The predicted octanol–water partition coefficient (Wildman–Crippen LogP) is 5.83. The number of nitrogens with zero attached hydrogens (tertiary/aromatic N) is 4. The average Bonchev–Trinajstić information content (AvgIpc) is 3.57. The van der Waals surface area contributed by atoms with Crippen molar-refractivity contribution in [3.63, 3.8) is 0 Å². The van der Waals surface area contributed by atoms with Gasteiger partial charge in [0.1, 0.15) is 11.5 Å². The Kier molecular flexibility index (Phi) is 11.8. The van der Waals surface area contributed by atoms with Crippen LogP contribution in [0.3, 0.4) is 0 Å². The first-order chi connectivity index (χ1) is 16.5. The molecule has 0 atom stereocenters. The largest absolute Gasteiger partial charge is 2.00 e. The third kappa shape index (κ3) is 9.07. The Morgan fingerprint density at radius 1 is 0.629 bits per heavy atom. The molecule has 0 N–H and O–H groups in total. The van der Waals surface area contributed by atoms with E-state index in [4.69, 9.17) is 34.1 Å². The van der Waals surface area contributed by atoms with Crippen molar-refractivity contribution in [1.82, 2.24) is 0 Å². The summed E-state index contributed by atoms with van der Waals surface area (Å²) in [6, 6.07) is 22.9. The Hall–Kier alpha value is -3.36. The molecule has 2 heterocycles. The maximum atomic E-state index is 5.11. The summed E-state index contributed by atoms with van der Waals surface area (Å²) in [5.74, 6) is 1.11. The van der Waals surface area contributed by atoms with E-state index < -0.39 is 0 Å². The zero-order valence-electron chi connectivity index (χ0n) is 19.0. The molecule has 6 nitrogen and oxygen atoms in total. The molecule has 0 spiro atoms. The van der Waals surface area contributed by atoms with Crippen molar-refractivity contribution >= 4 is 47.8 Å². The van der Waals surface area contributed by atoms with Crippen LogP contribution in [0.5, 0.6) is 0 Å². The van der Waals surface area contributed by atoms with E-state index in [1.807, 2.05) is 62.4 Å². The summed E-state index contributed by atoms with van der Waals surface area (Å²) in [5.41, 5.74) is 4.35. The van der Waals surface area contributed by atoms with E-state index in [1.165, 1.54) is 0 Å². The zero-order valence-corrected chi connectivity index (χ0v) is 21.5. The van der Waals surface area contributed by atoms with Crippen LogP contribution in [-0.4, -0.2) is 22.5 Å². The van der Waals surface area contributed by atoms with Crippen molar-refractivity contribution in [1.29, 1.82) is 0 Å². The number of aryl methyl sites for hydroxylation is 2. The molecule has 0 saturated heterocycles. The molecule has 0 unspecified atom stereocenters. The minimum absolute atomic E-state index is 0. The second-order valence-corrected chi connectivity index (χ2v) is 7.74. The van der Waals surface area contributed by atoms with Gasteiger partial charge in [0.25, 0.3) is 0 Å². The van der Waals surface area contributed by atoms with Gasteiger partial charge in [0, 0.05) is 0 Å². The van der Waals surface area contributed by atoms with E-state index in [2.05, 4.69) is 20.4 Å². The zero-order chi connectivity index (χ0) is 24.2. The van der Waals surface area contributed by atoms with Crippen LogP contribution < -0.4 is 0 Å². The molecule has 0 amide bonds. The molecule has 0 aliphatic rings. The first kappa shape index (κ1) is 27.9. The fourth-order valence-corrected chi connectivity index (χ4v) is 2.98. The van der Waals surface area contributed by atoms with Gasteiger partial charge < -0.3 is 34.1 Å². The fourth-order valence-electron chi connectivity index (χ4n) is 2.65. The van der Waals surface area contributed by atoms with Gasteiger partial charge in [-0.15, -0.1) is 0 Å². The number of rotatable bonds is 6. The summed E-state index contributed by atoms with van der Waals surface area (Å²) in [7, 11) is 0. The van der Waals surface area contributed by atoms with E-state index in [0.29, 0.717) is 21.6 Å². The van der Waals surface area contributed by atoms with Gasteiger partial charge in [0.2, 0.25) is 0 Å². The summed E-state index contributed by atoms with van der Waals surface area (Å²) < 4.78 is 10.2. The molecule has 2 aromatic carbocycles. The first-order valence-electron chi connectivity index (χ1n) is 10.3. The molecule has 0 fully saturated rings.